The van der Waals surface area contributed by atoms with Crippen LogP contribution in [0.4, 0.5) is 20.6 Å². The molecular weight excluding hydrogens is 365 g/mol. The molecule has 1 aliphatic heterocycles. The maximum absolute atomic E-state index is 14.6. The summed E-state index contributed by atoms with van der Waals surface area (Å²) >= 11 is 0. The van der Waals surface area contributed by atoms with Crippen molar-refractivity contribution in [1.82, 2.24) is 5.32 Å². The molecule has 1 aromatic carbocycles. The summed E-state index contributed by atoms with van der Waals surface area (Å²) in [6, 6.07) is 2.73. The topological polar surface area (TPSA) is 90.9 Å². The number of hydrogen-bond acceptors (Lipinski definition) is 5. The first-order valence-electron chi connectivity index (χ1n) is 9.70. The summed E-state index contributed by atoms with van der Waals surface area (Å²) in [6.45, 7) is 6.38. The first-order valence-corrected chi connectivity index (χ1v) is 9.70. The number of halogens is 1. The number of ether oxygens (including phenoxy) is 1. The molecule has 0 bridgehead atoms. The molecule has 2 aliphatic rings. The van der Waals surface area contributed by atoms with Crippen LogP contribution < -0.4 is 15.5 Å². The van der Waals surface area contributed by atoms with Gasteiger partial charge in [-0.1, -0.05) is 0 Å². The van der Waals surface area contributed by atoms with Crippen LogP contribution in [0, 0.1) is 5.82 Å². The standard InChI is InChI=1S/C20H28FN3O4/c1-20(2,3)28-19(27)23-13-7-8-24(11-13)17-10-16(22-12-5-4-6-12)14(18(25)26)9-15(17)21/h9-10,12-13,22H,4-8,11H2,1-3H3,(H,23,27)(H,25,26). The predicted molar refractivity (Wildman–Crippen MR) is 105 cm³/mol. The van der Waals surface area contributed by atoms with Gasteiger partial charge in [-0.2, -0.15) is 0 Å². The van der Waals surface area contributed by atoms with Gasteiger partial charge in [0.2, 0.25) is 0 Å². The van der Waals surface area contributed by atoms with E-state index < -0.39 is 23.5 Å². The minimum absolute atomic E-state index is 0.0595. The second-order valence-electron chi connectivity index (χ2n) is 8.50. The Kier molecular flexibility index (Phi) is 5.67. The van der Waals surface area contributed by atoms with Crippen LogP contribution in [0.2, 0.25) is 0 Å². The number of anilines is 2. The van der Waals surface area contributed by atoms with Crippen molar-refractivity contribution >= 4 is 23.4 Å². The number of nitrogens with zero attached hydrogens (tertiary/aromatic N) is 1. The van der Waals surface area contributed by atoms with Crippen LogP contribution in [0.1, 0.15) is 56.8 Å². The van der Waals surface area contributed by atoms with Crippen molar-refractivity contribution in [3.63, 3.8) is 0 Å². The van der Waals surface area contributed by atoms with Crippen molar-refractivity contribution in [2.24, 2.45) is 0 Å². The Labute approximate surface area is 164 Å². The summed E-state index contributed by atoms with van der Waals surface area (Å²) in [5.74, 6) is -1.73. The van der Waals surface area contributed by atoms with Crippen LogP contribution in [0.3, 0.4) is 0 Å². The molecule has 154 valence electrons. The van der Waals surface area contributed by atoms with Gasteiger partial charge in [-0.15, -0.1) is 0 Å². The first-order chi connectivity index (χ1) is 13.1. The third-order valence-corrected chi connectivity index (χ3v) is 5.03. The minimum atomic E-state index is -1.15. The zero-order valence-corrected chi connectivity index (χ0v) is 16.5. The lowest BCUT2D eigenvalue weighted by molar-refractivity contribution is 0.0508. The summed E-state index contributed by atoms with van der Waals surface area (Å²) < 4.78 is 19.9. The number of carboxylic acid groups (broad SMARTS) is 1. The molecule has 8 heteroatoms. The lowest BCUT2D eigenvalue weighted by Gasteiger charge is -2.29. The maximum atomic E-state index is 14.6. The smallest absolute Gasteiger partial charge is 0.407 e. The fourth-order valence-corrected chi connectivity index (χ4v) is 3.44. The van der Waals surface area contributed by atoms with Gasteiger partial charge in [0.15, 0.2) is 0 Å². The van der Waals surface area contributed by atoms with E-state index in [4.69, 9.17) is 4.74 Å². The van der Waals surface area contributed by atoms with Gasteiger partial charge in [0, 0.05) is 19.1 Å². The first kappa shape index (κ1) is 20.2. The third kappa shape index (κ3) is 4.85. The van der Waals surface area contributed by atoms with E-state index in [2.05, 4.69) is 10.6 Å². The fraction of sp³-hybridized carbons (Fsp3) is 0.600. The van der Waals surface area contributed by atoms with Crippen LogP contribution in [0.15, 0.2) is 12.1 Å². The number of carbonyl (C=O) groups is 2. The Morgan fingerprint density at radius 2 is 1.93 bits per heavy atom. The Balaban J connectivity index is 1.71. The zero-order valence-electron chi connectivity index (χ0n) is 16.5. The summed E-state index contributed by atoms with van der Waals surface area (Å²) in [6.07, 6.45) is 3.24. The average Bonchev–Trinajstić information content (AvgIpc) is 2.97. The molecule has 1 amide bonds. The number of amides is 1. The Morgan fingerprint density at radius 3 is 2.50 bits per heavy atom. The van der Waals surface area contributed by atoms with Gasteiger partial charge < -0.3 is 25.4 Å². The van der Waals surface area contributed by atoms with E-state index in [0.717, 1.165) is 25.3 Å². The molecule has 1 saturated carbocycles. The molecule has 1 saturated heterocycles. The molecule has 1 unspecified atom stereocenters. The molecule has 0 spiro atoms. The van der Waals surface area contributed by atoms with Crippen molar-refractivity contribution in [2.45, 2.75) is 64.1 Å². The highest BCUT2D eigenvalue weighted by atomic mass is 19.1. The molecule has 1 heterocycles. The van der Waals surface area contributed by atoms with E-state index in [1.54, 1.807) is 26.8 Å². The maximum Gasteiger partial charge on any atom is 0.407 e. The van der Waals surface area contributed by atoms with Gasteiger partial charge in [-0.3, -0.25) is 0 Å². The second-order valence-corrected chi connectivity index (χ2v) is 8.50. The minimum Gasteiger partial charge on any atom is -0.478 e. The molecule has 3 rings (SSSR count). The molecule has 1 aliphatic carbocycles. The lowest BCUT2D eigenvalue weighted by Crippen LogP contribution is -2.40. The number of carboxylic acids is 1. The molecule has 28 heavy (non-hydrogen) atoms. The molecule has 7 nitrogen and oxygen atoms in total. The molecular formula is C20H28FN3O4. The number of nitrogens with one attached hydrogen (secondary N) is 2. The van der Waals surface area contributed by atoms with Crippen LogP contribution >= 0.6 is 0 Å². The number of aromatic carboxylic acids is 1. The van der Waals surface area contributed by atoms with E-state index in [1.165, 1.54) is 0 Å². The summed E-state index contributed by atoms with van der Waals surface area (Å²) in [5, 5.41) is 15.4. The third-order valence-electron chi connectivity index (χ3n) is 5.03. The van der Waals surface area contributed by atoms with Crippen molar-refractivity contribution < 1.29 is 23.8 Å². The van der Waals surface area contributed by atoms with Crippen LogP contribution in [-0.2, 0) is 4.74 Å². The van der Waals surface area contributed by atoms with Gasteiger partial charge in [0.1, 0.15) is 11.4 Å². The van der Waals surface area contributed by atoms with E-state index in [9.17, 15) is 19.1 Å². The normalized spacial score (nSPS) is 19.9. The van der Waals surface area contributed by atoms with Gasteiger partial charge in [-0.25, -0.2) is 14.0 Å². The van der Waals surface area contributed by atoms with Crippen molar-refractivity contribution in [2.75, 3.05) is 23.3 Å². The van der Waals surface area contributed by atoms with E-state index in [-0.39, 0.29) is 17.6 Å². The fourth-order valence-electron chi connectivity index (χ4n) is 3.44. The molecule has 3 N–H and O–H groups in total. The Morgan fingerprint density at radius 1 is 1.21 bits per heavy atom. The van der Waals surface area contributed by atoms with Gasteiger partial charge in [0.05, 0.1) is 23.0 Å². The monoisotopic (exact) mass is 393 g/mol. The van der Waals surface area contributed by atoms with E-state index >= 15 is 0 Å². The number of benzene rings is 1. The number of hydrogen-bond donors (Lipinski definition) is 3. The molecule has 0 aromatic heterocycles. The zero-order chi connectivity index (χ0) is 20.5. The predicted octanol–water partition coefficient (Wildman–Crippen LogP) is 3.59. The van der Waals surface area contributed by atoms with Crippen molar-refractivity contribution in [1.29, 1.82) is 0 Å². The Bertz CT molecular complexity index is 759. The highest BCUT2D eigenvalue weighted by molar-refractivity contribution is 5.95. The molecule has 1 aromatic rings. The van der Waals surface area contributed by atoms with E-state index in [0.29, 0.717) is 30.9 Å². The SMILES string of the molecule is CC(C)(C)OC(=O)NC1CCN(c2cc(NC3CCC3)c(C(=O)O)cc2F)C1. The second kappa shape index (κ2) is 7.85. The molecule has 1 atom stereocenters. The number of alkyl carbamates (subject to hydrolysis) is 1. The Hall–Kier alpha value is -2.51. The largest absolute Gasteiger partial charge is 0.478 e. The van der Waals surface area contributed by atoms with Gasteiger partial charge in [0.25, 0.3) is 0 Å². The summed E-state index contributed by atoms with van der Waals surface area (Å²) in [4.78, 5) is 25.3. The molecule has 0 radical (unpaired) electrons. The average molecular weight is 393 g/mol. The highest BCUT2D eigenvalue weighted by Crippen LogP contribution is 2.32. The number of rotatable bonds is 5. The van der Waals surface area contributed by atoms with Gasteiger partial charge >= 0.3 is 12.1 Å². The highest BCUT2D eigenvalue weighted by Gasteiger charge is 2.29. The molecule has 2 fully saturated rings. The van der Waals surface area contributed by atoms with Crippen LogP contribution in [0.25, 0.3) is 0 Å². The van der Waals surface area contributed by atoms with E-state index in [1.807, 2.05) is 4.90 Å². The summed E-state index contributed by atoms with van der Waals surface area (Å²) in [5.41, 5.74) is 0.150. The quantitative estimate of drug-likeness (QED) is 0.708. The summed E-state index contributed by atoms with van der Waals surface area (Å²) in [7, 11) is 0. The lowest BCUT2D eigenvalue weighted by atomic mass is 9.92. The van der Waals surface area contributed by atoms with Crippen LogP contribution in [-0.4, -0.2) is 47.9 Å². The van der Waals surface area contributed by atoms with Crippen molar-refractivity contribution in [3.8, 4) is 0 Å². The van der Waals surface area contributed by atoms with Crippen molar-refractivity contribution in [3.05, 3.63) is 23.5 Å². The van der Waals surface area contributed by atoms with Crippen LogP contribution in [0.5, 0.6) is 0 Å². The number of carbonyl (C=O) groups excluding carboxylic acids is 1. The van der Waals surface area contributed by atoms with Gasteiger partial charge in [-0.05, 0) is 58.6 Å².